The zero-order valence-corrected chi connectivity index (χ0v) is 12.8. The maximum absolute atomic E-state index is 12.1. The standard InChI is InChI=1S/C14H19NO5S/c1-11(21(2,19)20)14(18)15(10-13(16)17)9-8-12-6-4-3-5-7-12/h3-7,11H,8-10H2,1-2H3,(H,16,17). The molecule has 0 aliphatic heterocycles. The van der Waals surface area contributed by atoms with E-state index in [4.69, 9.17) is 5.11 Å². The molecule has 0 heterocycles. The highest BCUT2D eigenvalue weighted by Crippen LogP contribution is 2.07. The SMILES string of the molecule is CC(C(=O)N(CCc1ccccc1)CC(=O)O)S(C)(=O)=O. The maximum atomic E-state index is 12.1. The number of carboxylic acids is 1. The van der Waals surface area contributed by atoms with E-state index in [0.717, 1.165) is 16.7 Å². The summed E-state index contributed by atoms with van der Waals surface area (Å²) in [6.45, 7) is 0.926. The van der Waals surface area contributed by atoms with Crippen LogP contribution in [-0.4, -0.2) is 54.9 Å². The molecule has 21 heavy (non-hydrogen) atoms. The van der Waals surface area contributed by atoms with Gasteiger partial charge in [-0.25, -0.2) is 8.42 Å². The van der Waals surface area contributed by atoms with Gasteiger partial charge in [0.2, 0.25) is 5.91 Å². The Labute approximate surface area is 124 Å². The lowest BCUT2D eigenvalue weighted by molar-refractivity contribution is -0.144. The number of nitrogens with zero attached hydrogens (tertiary/aromatic N) is 1. The van der Waals surface area contributed by atoms with E-state index in [-0.39, 0.29) is 6.54 Å². The highest BCUT2D eigenvalue weighted by atomic mass is 32.2. The second-order valence-electron chi connectivity index (χ2n) is 4.86. The molecule has 0 aliphatic carbocycles. The van der Waals surface area contributed by atoms with Crippen molar-refractivity contribution < 1.29 is 23.1 Å². The molecule has 1 N–H and O–H groups in total. The van der Waals surface area contributed by atoms with Gasteiger partial charge in [-0.3, -0.25) is 9.59 Å². The fourth-order valence-electron chi connectivity index (χ4n) is 1.78. The van der Waals surface area contributed by atoms with E-state index < -0.39 is 33.5 Å². The van der Waals surface area contributed by atoms with Gasteiger partial charge >= 0.3 is 5.97 Å². The van der Waals surface area contributed by atoms with Gasteiger partial charge in [-0.2, -0.15) is 0 Å². The van der Waals surface area contributed by atoms with Crippen LogP contribution in [0.15, 0.2) is 30.3 Å². The summed E-state index contributed by atoms with van der Waals surface area (Å²) >= 11 is 0. The average Bonchev–Trinajstić information content (AvgIpc) is 2.41. The van der Waals surface area contributed by atoms with E-state index in [1.807, 2.05) is 30.3 Å². The number of sulfone groups is 1. The normalized spacial score (nSPS) is 12.7. The van der Waals surface area contributed by atoms with Crippen LogP contribution in [0.2, 0.25) is 0 Å². The van der Waals surface area contributed by atoms with E-state index in [1.54, 1.807) is 0 Å². The Morgan fingerprint density at radius 1 is 1.24 bits per heavy atom. The first-order valence-electron chi connectivity index (χ1n) is 6.45. The Morgan fingerprint density at radius 2 is 1.81 bits per heavy atom. The van der Waals surface area contributed by atoms with Crippen molar-refractivity contribution in [2.24, 2.45) is 0 Å². The third-order valence-electron chi connectivity index (χ3n) is 3.14. The monoisotopic (exact) mass is 313 g/mol. The van der Waals surface area contributed by atoms with Crippen LogP contribution in [-0.2, 0) is 25.8 Å². The minimum atomic E-state index is -3.55. The van der Waals surface area contributed by atoms with Crippen LogP contribution in [0.1, 0.15) is 12.5 Å². The van der Waals surface area contributed by atoms with E-state index in [9.17, 15) is 18.0 Å². The van der Waals surface area contributed by atoms with Gasteiger partial charge in [0, 0.05) is 12.8 Å². The van der Waals surface area contributed by atoms with Crippen molar-refractivity contribution in [1.29, 1.82) is 0 Å². The Morgan fingerprint density at radius 3 is 2.29 bits per heavy atom. The van der Waals surface area contributed by atoms with E-state index in [0.29, 0.717) is 6.42 Å². The molecule has 116 valence electrons. The van der Waals surface area contributed by atoms with Crippen LogP contribution in [0.3, 0.4) is 0 Å². The number of carbonyl (C=O) groups excluding carboxylic acids is 1. The number of hydrogen-bond donors (Lipinski definition) is 1. The van der Waals surface area contributed by atoms with Crippen LogP contribution < -0.4 is 0 Å². The molecule has 1 amide bonds. The van der Waals surface area contributed by atoms with Crippen LogP contribution in [0.4, 0.5) is 0 Å². The van der Waals surface area contributed by atoms with E-state index in [1.165, 1.54) is 6.92 Å². The number of carbonyl (C=O) groups is 2. The van der Waals surface area contributed by atoms with Gasteiger partial charge in [-0.1, -0.05) is 30.3 Å². The number of hydrogen-bond acceptors (Lipinski definition) is 4. The van der Waals surface area contributed by atoms with Gasteiger partial charge in [0.15, 0.2) is 9.84 Å². The minimum Gasteiger partial charge on any atom is -0.480 e. The predicted molar refractivity (Wildman–Crippen MR) is 78.7 cm³/mol. The second-order valence-corrected chi connectivity index (χ2v) is 7.23. The lowest BCUT2D eigenvalue weighted by Gasteiger charge is -2.23. The lowest BCUT2D eigenvalue weighted by Crippen LogP contribution is -2.44. The molecule has 1 aromatic rings. The van der Waals surface area contributed by atoms with Gasteiger partial charge in [-0.15, -0.1) is 0 Å². The third-order valence-corrected chi connectivity index (χ3v) is 4.63. The summed E-state index contributed by atoms with van der Waals surface area (Å²) in [7, 11) is -3.55. The molecule has 1 atom stereocenters. The molecular weight excluding hydrogens is 294 g/mol. The number of carboxylic acid groups (broad SMARTS) is 1. The highest BCUT2D eigenvalue weighted by molar-refractivity contribution is 7.92. The fraction of sp³-hybridized carbons (Fsp3) is 0.429. The van der Waals surface area contributed by atoms with Crippen molar-refractivity contribution in [3.8, 4) is 0 Å². The number of rotatable bonds is 7. The summed E-state index contributed by atoms with van der Waals surface area (Å²) in [5, 5.41) is 7.63. The Balaban J connectivity index is 2.80. The summed E-state index contributed by atoms with van der Waals surface area (Å²) in [6.07, 6.45) is 1.43. The van der Waals surface area contributed by atoms with Crippen molar-refractivity contribution >= 4 is 21.7 Å². The molecule has 6 nitrogen and oxygen atoms in total. The molecule has 0 fully saturated rings. The van der Waals surface area contributed by atoms with Gasteiger partial charge in [0.05, 0.1) is 0 Å². The van der Waals surface area contributed by atoms with Gasteiger partial charge in [-0.05, 0) is 18.9 Å². The quantitative estimate of drug-likeness (QED) is 0.795. The molecule has 0 radical (unpaired) electrons. The molecule has 0 bridgehead atoms. The van der Waals surface area contributed by atoms with Crippen molar-refractivity contribution in [2.45, 2.75) is 18.6 Å². The first kappa shape index (κ1) is 17.2. The summed E-state index contributed by atoms with van der Waals surface area (Å²) in [5.41, 5.74) is 0.952. The summed E-state index contributed by atoms with van der Waals surface area (Å²) in [6, 6.07) is 9.28. The lowest BCUT2D eigenvalue weighted by atomic mass is 10.1. The minimum absolute atomic E-state index is 0.162. The largest absolute Gasteiger partial charge is 0.480 e. The van der Waals surface area contributed by atoms with Crippen molar-refractivity contribution in [3.63, 3.8) is 0 Å². The zero-order valence-electron chi connectivity index (χ0n) is 12.0. The molecule has 1 unspecified atom stereocenters. The van der Waals surface area contributed by atoms with Gasteiger partial charge < -0.3 is 10.0 Å². The van der Waals surface area contributed by atoms with Crippen molar-refractivity contribution in [2.75, 3.05) is 19.3 Å². The van der Waals surface area contributed by atoms with Crippen LogP contribution in [0.5, 0.6) is 0 Å². The van der Waals surface area contributed by atoms with Crippen LogP contribution >= 0.6 is 0 Å². The fourth-order valence-corrected chi connectivity index (χ4v) is 2.29. The molecule has 1 rings (SSSR count). The molecule has 0 spiro atoms. The molecule has 0 saturated heterocycles. The molecule has 0 saturated carbocycles. The average molecular weight is 313 g/mol. The smallest absolute Gasteiger partial charge is 0.323 e. The van der Waals surface area contributed by atoms with Gasteiger partial charge in [0.1, 0.15) is 11.8 Å². The van der Waals surface area contributed by atoms with E-state index in [2.05, 4.69) is 0 Å². The summed E-state index contributed by atoms with van der Waals surface area (Å²) in [5.74, 6) is -1.85. The zero-order chi connectivity index (χ0) is 16.0. The molecule has 0 aliphatic rings. The Bertz CT molecular complexity index is 597. The Hall–Kier alpha value is -1.89. The number of benzene rings is 1. The molecule has 7 heteroatoms. The third kappa shape index (κ3) is 5.55. The highest BCUT2D eigenvalue weighted by Gasteiger charge is 2.29. The second kappa shape index (κ2) is 7.21. The van der Waals surface area contributed by atoms with Crippen molar-refractivity contribution in [1.82, 2.24) is 4.90 Å². The summed E-state index contributed by atoms with van der Waals surface area (Å²) < 4.78 is 22.9. The molecule has 0 aromatic heterocycles. The predicted octanol–water partition coefficient (Wildman–Crippen LogP) is 0.575. The van der Waals surface area contributed by atoms with Crippen LogP contribution in [0.25, 0.3) is 0 Å². The Kier molecular flexibility index (Phi) is 5.90. The molecular formula is C14H19NO5S. The van der Waals surface area contributed by atoms with Crippen molar-refractivity contribution in [3.05, 3.63) is 35.9 Å². The first-order valence-corrected chi connectivity index (χ1v) is 8.40. The number of amides is 1. The first-order chi connectivity index (χ1) is 9.71. The summed E-state index contributed by atoms with van der Waals surface area (Å²) in [4.78, 5) is 24.1. The topological polar surface area (TPSA) is 91.8 Å². The number of aliphatic carboxylic acids is 1. The van der Waals surface area contributed by atoms with E-state index >= 15 is 0 Å². The maximum Gasteiger partial charge on any atom is 0.323 e. The van der Waals surface area contributed by atoms with Gasteiger partial charge in [0.25, 0.3) is 0 Å². The molecule has 1 aromatic carbocycles. The van der Waals surface area contributed by atoms with Crippen LogP contribution in [0, 0.1) is 0 Å².